The molecule has 0 bridgehead atoms. The molecule has 0 radical (unpaired) electrons. The number of carbonyl (C=O) groups is 1. The first-order valence-electron chi connectivity index (χ1n) is 4.47. The predicted molar refractivity (Wildman–Crippen MR) is 51.4 cm³/mol. The van der Waals surface area contributed by atoms with Crippen LogP contribution in [-0.4, -0.2) is 12.4 Å². The molecule has 0 fully saturated rings. The second-order valence-electron chi connectivity index (χ2n) is 2.88. The number of hydrogen-bond acceptors (Lipinski definition) is 2. The second-order valence-corrected chi connectivity index (χ2v) is 2.88. The number of ether oxygens (including phenoxy) is 1. The monoisotopic (exact) mass is 178 g/mol. The largest absolute Gasteiger partial charge is 0.366 e. The van der Waals surface area contributed by atoms with E-state index < -0.39 is 0 Å². The standard InChI is InChI=1S/C11H14O2/c1-2-11(8-12)13-9-10-6-4-3-5-7-10/h3-8,11H,2,9H2,1H3. The summed E-state index contributed by atoms with van der Waals surface area (Å²) in [7, 11) is 0. The molecule has 0 amide bonds. The van der Waals surface area contributed by atoms with Gasteiger partial charge in [-0.15, -0.1) is 0 Å². The van der Waals surface area contributed by atoms with Crippen molar-refractivity contribution < 1.29 is 9.53 Å². The van der Waals surface area contributed by atoms with Crippen LogP contribution in [-0.2, 0) is 16.1 Å². The summed E-state index contributed by atoms with van der Waals surface area (Å²) in [5, 5.41) is 0. The Labute approximate surface area is 78.5 Å². The highest BCUT2D eigenvalue weighted by Gasteiger charge is 2.03. The van der Waals surface area contributed by atoms with Gasteiger partial charge in [-0.2, -0.15) is 0 Å². The first-order valence-corrected chi connectivity index (χ1v) is 4.47. The van der Waals surface area contributed by atoms with Crippen LogP contribution >= 0.6 is 0 Å². The molecule has 0 N–H and O–H groups in total. The van der Waals surface area contributed by atoms with Gasteiger partial charge in [0, 0.05) is 0 Å². The van der Waals surface area contributed by atoms with Crippen molar-refractivity contribution in [3.05, 3.63) is 35.9 Å². The van der Waals surface area contributed by atoms with Gasteiger partial charge in [0.25, 0.3) is 0 Å². The quantitative estimate of drug-likeness (QED) is 0.646. The highest BCUT2D eigenvalue weighted by molar-refractivity contribution is 5.55. The molecule has 13 heavy (non-hydrogen) atoms. The number of rotatable bonds is 5. The Morgan fingerprint density at radius 3 is 2.62 bits per heavy atom. The lowest BCUT2D eigenvalue weighted by molar-refractivity contribution is -0.118. The van der Waals surface area contributed by atoms with Crippen molar-refractivity contribution in [1.29, 1.82) is 0 Å². The van der Waals surface area contributed by atoms with E-state index >= 15 is 0 Å². The molecule has 0 spiro atoms. The van der Waals surface area contributed by atoms with E-state index in [0.29, 0.717) is 6.61 Å². The zero-order chi connectivity index (χ0) is 9.52. The molecule has 1 aromatic rings. The van der Waals surface area contributed by atoms with Crippen LogP contribution in [0.25, 0.3) is 0 Å². The molecule has 1 atom stereocenters. The molecular formula is C11H14O2. The summed E-state index contributed by atoms with van der Waals surface area (Å²) in [6.07, 6.45) is 1.32. The fourth-order valence-corrected chi connectivity index (χ4v) is 1.03. The Kier molecular flexibility index (Phi) is 4.19. The third-order valence-corrected chi connectivity index (χ3v) is 1.86. The molecule has 0 heterocycles. The van der Waals surface area contributed by atoms with E-state index in [1.165, 1.54) is 0 Å². The number of carbonyl (C=O) groups excluding carboxylic acids is 1. The van der Waals surface area contributed by atoms with Crippen LogP contribution in [0, 0.1) is 0 Å². The molecule has 1 unspecified atom stereocenters. The summed E-state index contributed by atoms with van der Waals surface area (Å²) < 4.78 is 5.36. The Hall–Kier alpha value is -1.15. The molecular weight excluding hydrogens is 164 g/mol. The number of benzene rings is 1. The van der Waals surface area contributed by atoms with Crippen molar-refractivity contribution >= 4 is 6.29 Å². The second kappa shape index (κ2) is 5.49. The normalized spacial score (nSPS) is 12.4. The molecule has 0 aliphatic heterocycles. The van der Waals surface area contributed by atoms with Gasteiger partial charge in [0.05, 0.1) is 6.61 Å². The number of aldehydes is 1. The summed E-state index contributed by atoms with van der Waals surface area (Å²) in [6.45, 7) is 2.45. The van der Waals surface area contributed by atoms with E-state index in [-0.39, 0.29) is 6.10 Å². The average Bonchev–Trinajstić information content (AvgIpc) is 2.21. The highest BCUT2D eigenvalue weighted by Crippen LogP contribution is 2.03. The van der Waals surface area contributed by atoms with Crippen molar-refractivity contribution in [3.63, 3.8) is 0 Å². The van der Waals surface area contributed by atoms with Crippen LogP contribution in [0.2, 0.25) is 0 Å². The van der Waals surface area contributed by atoms with Gasteiger partial charge in [0.15, 0.2) is 0 Å². The Morgan fingerprint density at radius 2 is 2.08 bits per heavy atom. The fourth-order valence-electron chi connectivity index (χ4n) is 1.03. The fraction of sp³-hybridized carbons (Fsp3) is 0.364. The topological polar surface area (TPSA) is 26.3 Å². The van der Waals surface area contributed by atoms with Gasteiger partial charge < -0.3 is 9.53 Å². The maximum absolute atomic E-state index is 10.4. The molecule has 2 nitrogen and oxygen atoms in total. The minimum absolute atomic E-state index is 0.264. The smallest absolute Gasteiger partial charge is 0.148 e. The van der Waals surface area contributed by atoms with Crippen LogP contribution in [0.3, 0.4) is 0 Å². The van der Waals surface area contributed by atoms with Crippen molar-refractivity contribution in [1.82, 2.24) is 0 Å². The Balaban J connectivity index is 2.38. The van der Waals surface area contributed by atoms with E-state index in [1.54, 1.807) is 0 Å². The van der Waals surface area contributed by atoms with E-state index in [1.807, 2.05) is 37.3 Å². The molecule has 1 rings (SSSR count). The van der Waals surface area contributed by atoms with E-state index in [4.69, 9.17) is 4.74 Å². The van der Waals surface area contributed by atoms with Gasteiger partial charge in [-0.05, 0) is 12.0 Å². The highest BCUT2D eigenvalue weighted by atomic mass is 16.5. The van der Waals surface area contributed by atoms with Gasteiger partial charge in [-0.25, -0.2) is 0 Å². The summed E-state index contributed by atoms with van der Waals surface area (Å²) in [5.41, 5.74) is 1.10. The molecule has 1 aromatic carbocycles. The van der Waals surface area contributed by atoms with Crippen LogP contribution in [0.15, 0.2) is 30.3 Å². The van der Waals surface area contributed by atoms with Gasteiger partial charge in [0.2, 0.25) is 0 Å². The van der Waals surface area contributed by atoms with Gasteiger partial charge in [0.1, 0.15) is 12.4 Å². The minimum Gasteiger partial charge on any atom is -0.366 e. The van der Waals surface area contributed by atoms with Crippen molar-refractivity contribution in [2.24, 2.45) is 0 Å². The zero-order valence-electron chi connectivity index (χ0n) is 7.77. The summed E-state index contributed by atoms with van der Waals surface area (Å²) in [4.78, 5) is 10.4. The molecule has 0 saturated carbocycles. The SMILES string of the molecule is CCC(C=O)OCc1ccccc1. The van der Waals surface area contributed by atoms with Crippen molar-refractivity contribution in [3.8, 4) is 0 Å². The van der Waals surface area contributed by atoms with Crippen molar-refractivity contribution in [2.75, 3.05) is 0 Å². The summed E-state index contributed by atoms with van der Waals surface area (Å²) in [6, 6.07) is 9.84. The van der Waals surface area contributed by atoms with Gasteiger partial charge in [-0.1, -0.05) is 37.3 Å². The third kappa shape index (κ3) is 3.38. The van der Waals surface area contributed by atoms with E-state index in [0.717, 1.165) is 18.3 Å². The Morgan fingerprint density at radius 1 is 1.38 bits per heavy atom. The van der Waals surface area contributed by atoms with E-state index in [2.05, 4.69) is 0 Å². The maximum Gasteiger partial charge on any atom is 0.148 e. The lowest BCUT2D eigenvalue weighted by Crippen LogP contribution is -2.12. The van der Waals surface area contributed by atoms with Crippen LogP contribution < -0.4 is 0 Å². The van der Waals surface area contributed by atoms with Gasteiger partial charge >= 0.3 is 0 Å². The first kappa shape index (κ1) is 9.93. The molecule has 0 aromatic heterocycles. The van der Waals surface area contributed by atoms with Crippen LogP contribution in [0.5, 0.6) is 0 Å². The molecule has 0 aliphatic carbocycles. The zero-order valence-corrected chi connectivity index (χ0v) is 7.77. The predicted octanol–water partition coefficient (Wildman–Crippen LogP) is 2.18. The van der Waals surface area contributed by atoms with Crippen LogP contribution in [0.4, 0.5) is 0 Å². The molecule has 2 heteroatoms. The molecule has 0 saturated heterocycles. The number of hydrogen-bond donors (Lipinski definition) is 0. The average molecular weight is 178 g/mol. The van der Waals surface area contributed by atoms with Crippen molar-refractivity contribution in [2.45, 2.75) is 26.1 Å². The van der Waals surface area contributed by atoms with E-state index in [9.17, 15) is 4.79 Å². The molecule has 0 aliphatic rings. The summed E-state index contributed by atoms with van der Waals surface area (Å²) >= 11 is 0. The lowest BCUT2D eigenvalue weighted by atomic mass is 10.2. The van der Waals surface area contributed by atoms with Gasteiger partial charge in [-0.3, -0.25) is 0 Å². The Bertz CT molecular complexity index is 244. The maximum atomic E-state index is 10.4. The molecule has 70 valence electrons. The summed E-state index contributed by atoms with van der Waals surface area (Å²) in [5.74, 6) is 0. The minimum atomic E-state index is -0.264. The lowest BCUT2D eigenvalue weighted by Gasteiger charge is -2.08. The third-order valence-electron chi connectivity index (χ3n) is 1.86. The first-order chi connectivity index (χ1) is 6.36. The van der Waals surface area contributed by atoms with Crippen LogP contribution in [0.1, 0.15) is 18.9 Å².